The Kier molecular flexibility index (Phi) is 6.33. The summed E-state index contributed by atoms with van der Waals surface area (Å²) >= 11 is 1.12. The predicted molar refractivity (Wildman–Crippen MR) is 127 cm³/mol. The standard InChI is InChI=1S/C22H24N6O5S/c1-5-10-28-19(15-11-32-13-8-6-7-9-14(13)33-15)24-25-21(28)34-12(2)17(29)16-18(23)26(3)22(31)27(4)20(16)30/h5-9,12,15H,1,10-11,23H2,2-4H3/t12-,15-/m0/s1. The smallest absolute Gasteiger partial charge is 0.332 e. The van der Waals surface area contributed by atoms with Crippen molar-refractivity contribution in [3.8, 4) is 11.5 Å². The summed E-state index contributed by atoms with van der Waals surface area (Å²) in [5.74, 6) is 1.09. The molecule has 0 aliphatic carbocycles. The lowest BCUT2D eigenvalue weighted by Crippen LogP contribution is -2.42. The van der Waals surface area contributed by atoms with Crippen molar-refractivity contribution in [3.05, 3.63) is 69.1 Å². The number of benzene rings is 1. The summed E-state index contributed by atoms with van der Waals surface area (Å²) < 4.78 is 15.6. The molecule has 0 saturated carbocycles. The molecule has 0 spiro atoms. The first kappa shape index (κ1) is 23.4. The van der Waals surface area contributed by atoms with Crippen LogP contribution in [0.4, 0.5) is 5.82 Å². The molecular formula is C22H24N6O5S. The molecule has 12 heteroatoms. The Hall–Kier alpha value is -3.80. The van der Waals surface area contributed by atoms with Crippen LogP contribution in [0, 0.1) is 0 Å². The number of rotatable bonds is 7. The second-order valence-corrected chi connectivity index (χ2v) is 9.00. The maximum Gasteiger partial charge on any atom is 0.332 e. The van der Waals surface area contributed by atoms with E-state index >= 15 is 0 Å². The number of anilines is 1. The molecule has 34 heavy (non-hydrogen) atoms. The zero-order chi connectivity index (χ0) is 24.6. The number of nitrogen functional groups attached to an aromatic ring is 1. The predicted octanol–water partition coefficient (Wildman–Crippen LogP) is 1.32. The maximum absolute atomic E-state index is 13.2. The van der Waals surface area contributed by atoms with Crippen LogP contribution < -0.4 is 26.5 Å². The van der Waals surface area contributed by atoms with Crippen molar-refractivity contribution in [1.82, 2.24) is 23.9 Å². The van der Waals surface area contributed by atoms with Crippen LogP contribution >= 0.6 is 11.8 Å². The van der Waals surface area contributed by atoms with E-state index in [1.807, 2.05) is 24.3 Å². The molecule has 2 N–H and O–H groups in total. The van der Waals surface area contributed by atoms with Crippen LogP contribution in [0.1, 0.15) is 29.2 Å². The Morgan fingerprint density at radius 1 is 1.26 bits per heavy atom. The van der Waals surface area contributed by atoms with Crippen molar-refractivity contribution in [1.29, 1.82) is 0 Å². The number of Topliss-reactive ketones (excluding diaryl/α,β-unsaturated/α-hetero) is 1. The summed E-state index contributed by atoms with van der Waals surface area (Å²) in [6.45, 7) is 6.05. The molecule has 11 nitrogen and oxygen atoms in total. The van der Waals surface area contributed by atoms with Crippen LogP contribution in [0.5, 0.6) is 11.5 Å². The zero-order valence-electron chi connectivity index (χ0n) is 18.9. The van der Waals surface area contributed by atoms with Crippen LogP contribution in [-0.2, 0) is 20.6 Å². The van der Waals surface area contributed by atoms with Crippen molar-refractivity contribution in [2.75, 3.05) is 12.3 Å². The molecular weight excluding hydrogens is 460 g/mol. The van der Waals surface area contributed by atoms with Gasteiger partial charge < -0.3 is 15.2 Å². The number of hydrogen-bond donors (Lipinski definition) is 1. The Balaban J connectivity index is 1.62. The highest BCUT2D eigenvalue weighted by atomic mass is 32.2. The SMILES string of the molecule is C=CCn1c(S[C@@H](C)C(=O)c2c(N)n(C)c(=O)n(C)c2=O)nnc1[C@@H]1COc2ccccc2O1. The summed E-state index contributed by atoms with van der Waals surface area (Å²) in [6.07, 6.45) is 1.18. The van der Waals surface area contributed by atoms with Gasteiger partial charge in [0.05, 0.1) is 5.25 Å². The van der Waals surface area contributed by atoms with E-state index < -0.39 is 28.4 Å². The van der Waals surface area contributed by atoms with Crippen LogP contribution in [-0.4, -0.2) is 41.5 Å². The molecule has 0 saturated heterocycles. The minimum Gasteiger partial charge on any atom is -0.485 e. The van der Waals surface area contributed by atoms with Gasteiger partial charge in [0.25, 0.3) is 5.56 Å². The van der Waals surface area contributed by atoms with E-state index in [1.165, 1.54) is 14.1 Å². The minimum absolute atomic E-state index is 0.176. The van der Waals surface area contributed by atoms with Gasteiger partial charge in [-0.3, -0.25) is 23.3 Å². The number of ether oxygens (including phenoxy) is 2. The Labute approximate surface area is 198 Å². The minimum atomic E-state index is -0.739. The van der Waals surface area contributed by atoms with Crippen LogP contribution in [0.3, 0.4) is 0 Å². The number of nitrogens with zero attached hydrogens (tertiary/aromatic N) is 5. The molecule has 0 radical (unpaired) electrons. The van der Waals surface area contributed by atoms with Crippen LogP contribution in [0.25, 0.3) is 0 Å². The monoisotopic (exact) mass is 484 g/mol. The van der Waals surface area contributed by atoms with Gasteiger partial charge in [-0.2, -0.15) is 0 Å². The first-order chi connectivity index (χ1) is 16.2. The summed E-state index contributed by atoms with van der Waals surface area (Å²) in [4.78, 5) is 37.8. The first-order valence-corrected chi connectivity index (χ1v) is 11.3. The summed E-state index contributed by atoms with van der Waals surface area (Å²) in [5.41, 5.74) is 4.37. The number of hydrogen-bond acceptors (Lipinski definition) is 9. The second-order valence-electron chi connectivity index (χ2n) is 7.69. The average molecular weight is 485 g/mol. The number of allylic oxidation sites excluding steroid dienone is 1. The molecule has 1 aliphatic heterocycles. The van der Waals surface area contributed by atoms with Crippen molar-refractivity contribution >= 4 is 23.4 Å². The number of nitrogens with two attached hydrogens (primary N) is 1. The average Bonchev–Trinajstić information content (AvgIpc) is 3.23. The molecule has 0 unspecified atom stereocenters. The lowest BCUT2D eigenvalue weighted by Gasteiger charge is -2.26. The van der Waals surface area contributed by atoms with E-state index in [1.54, 1.807) is 17.6 Å². The third kappa shape index (κ3) is 4.00. The molecule has 1 aliphatic rings. The third-order valence-electron chi connectivity index (χ3n) is 5.46. The lowest BCUT2D eigenvalue weighted by molar-refractivity contribution is 0.0821. The summed E-state index contributed by atoms with van der Waals surface area (Å²) in [7, 11) is 2.71. The Bertz CT molecular complexity index is 1390. The van der Waals surface area contributed by atoms with E-state index in [4.69, 9.17) is 15.2 Å². The van der Waals surface area contributed by atoms with Gasteiger partial charge in [-0.25, -0.2) is 4.79 Å². The fraction of sp³-hybridized carbons (Fsp3) is 0.318. The van der Waals surface area contributed by atoms with Gasteiger partial charge in [0.1, 0.15) is 18.0 Å². The van der Waals surface area contributed by atoms with Gasteiger partial charge in [-0.05, 0) is 19.1 Å². The highest BCUT2D eigenvalue weighted by Crippen LogP contribution is 2.36. The van der Waals surface area contributed by atoms with Gasteiger partial charge in [-0.1, -0.05) is 30.0 Å². The molecule has 0 fully saturated rings. The van der Waals surface area contributed by atoms with E-state index in [2.05, 4.69) is 16.8 Å². The number of aromatic nitrogens is 5. The third-order valence-corrected chi connectivity index (χ3v) is 6.54. The van der Waals surface area contributed by atoms with Crippen molar-refractivity contribution in [2.24, 2.45) is 14.1 Å². The Morgan fingerprint density at radius 3 is 2.68 bits per heavy atom. The summed E-state index contributed by atoms with van der Waals surface area (Å²) in [6, 6.07) is 7.34. The van der Waals surface area contributed by atoms with Gasteiger partial charge in [-0.15, -0.1) is 16.8 Å². The van der Waals surface area contributed by atoms with E-state index in [9.17, 15) is 14.4 Å². The zero-order valence-corrected chi connectivity index (χ0v) is 19.7. The molecule has 0 bridgehead atoms. The van der Waals surface area contributed by atoms with Crippen molar-refractivity contribution < 1.29 is 14.3 Å². The quantitative estimate of drug-likeness (QED) is 0.299. The highest BCUT2D eigenvalue weighted by Gasteiger charge is 2.31. The Morgan fingerprint density at radius 2 is 1.97 bits per heavy atom. The number of thioether (sulfide) groups is 1. The number of carbonyl (C=O) groups is 1. The summed E-state index contributed by atoms with van der Waals surface area (Å²) in [5, 5.41) is 8.23. The molecule has 2 atom stereocenters. The molecule has 178 valence electrons. The van der Waals surface area contributed by atoms with Crippen molar-refractivity contribution in [2.45, 2.75) is 30.0 Å². The van der Waals surface area contributed by atoms with Crippen LogP contribution in [0.15, 0.2) is 51.7 Å². The topological polar surface area (TPSA) is 136 Å². The van der Waals surface area contributed by atoms with Crippen molar-refractivity contribution in [3.63, 3.8) is 0 Å². The van der Waals surface area contributed by atoms with E-state index in [-0.39, 0.29) is 18.0 Å². The number of para-hydroxylation sites is 2. The molecule has 1 aromatic carbocycles. The van der Waals surface area contributed by atoms with E-state index in [0.29, 0.717) is 29.0 Å². The molecule has 0 amide bonds. The van der Waals surface area contributed by atoms with Gasteiger partial charge in [0, 0.05) is 20.6 Å². The molecule has 4 rings (SSSR count). The second kappa shape index (κ2) is 9.21. The van der Waals surface area contributed by atoms with Crippen LogP contribution in [0.2, 0.25) is 0 Å². The van der Waals surface area contributed by atoms with Gasteiger partial charge >= 0.3 is 5.69 Å². The maximum atomic E-state index is 13.2. The molecule has 3 heterocycles. The normalized spacial score (nSPS) is 15.7. The largest absolute Gasteiger partial charge is 0.485 e. The number of ketones is 1. The number of carbonyl (C=O) groups excluding carboxylic acids is 1. The fourth-order valence-electron chi connectivity index (χ4n) is 3.58. The van der Waals surface area contributed by atoms with Gasteiger partial charge in [0.2, 0.25) is 0 Å². The fourth-order valence-corrected chi connectivity index (χ4v) is 4.50. The molecule has 2 aromatic heterocycles. The lowest BCUT2D eigenvalue weighted by atomic mass is 10.1. The molecule has 3 aromatic rings. The van der Waals surface area contributed by atoms with E-state index in [0.717, 1.165) is 20.9 Å². The van der Waals surface area contributed by atoms with Gasteiger partial charge in [0.15, 0.2) is 34.4 Å². The number of fused-ring (bicyclic) bond motifs is 1. The highest BCUT2D eigenvalue weighted by molar-refractivity contribution is 8.00. The first-order valence-electron chi connectivity index (χ1n) is 10.4.